The Morgan fingerprint density at radius 3 is 2.58 bits per heavy atom. The van der Waals surface area contributed by atoms with Gasteiger partial charge in [0.15, 0.2) is 0 Å². The van der Waals surface area contributed by atoms with Gasteiger partial charge in [-0.2, -0.15) is 0 Å². The Morgan fingerprint density at radius 1 is 0.962 bits per heavy atom. The maximum atomic E-state index is 12.6. The van der Waals surface area contributed by atoms with E-state index < -0.39 is 15.1 Å². The summed E-state index contributed by atoms with van der Waals surface area (Å²) in [5.41, 5.74) is 1.23. The summed E-state index contributed by atoms with van der Waals surface area (Å²) in [6.45, 7) is 0. The first kappa shape index (κ1) is 16.7. The Hall–Kier alpha value is -2.77. The van der Waals surface area contributed by atoms with Crippen molar-refractivity contribution in [1.29, 1.82) is 0 Å². The van der Waals surface area contributed by atoms with Gasteiger partial charge in [0.25, 0.3) is 0 Å². The van der Waals surface area contributed by atoms with Gasteiger partial charge in [0.2, 0.25) is 15.7 Å². The van der Waals surface area contributed by atoms with Crippen molar-refractivity contribution < 1.29 is 12.8 Å². The highest BCUT2D eigenvalue weighted by Crippen LogP contribution is 2.24. The summed E-state index contributed by atoms with van der Waals surface area (Å²) in [5, 5.41) is 9.54. The molecule has 0 spiro atoms. The van der Waals surface area contributed by atoms with E-state index in [1.807, 2.05) is 18.2 Å². The van der Waals surface area contributed by atoms with Crippen LogP contribution in [0.1, 0.15) is 5.56 Å². The van der Waals surface area contributed by atoms with Gasteiger partial charge in [0.05, 0.1) is 5.75 Å². The van der Waals surface area contributed by atoms with E-state index in [9.17, 15) is 8.42 Å². The maximum absolute atomic E-state index is 12.6. The lowest BCUT2D eigenvalue weighted by molar-refractivity contribution is 0.439. The standard InChI is InChI=1S/C18H12ClN3O3S/c19-16-5-3-13(4-6-16)17-21-22-18(25-17)26(23,24)11-12-1-2-15-10-20-8-7-14(15)9-12/h1-10H,11H2. The molecule has 0 saturated carbocycles. The van der Waals surface area contributed by atoms with Crippen LogP contribution in [0.2, 0.25) is 5.02 Å². The zero-order valence-electron chi connectivity index (χ0n) is 13.3. The molecule has 0 atom stereocenters. The lowest BCUT2D eigenvalue weighted by Gasteiger charge is -2.03. The molecule has 2 heterocycles. The van der Waals surface area contributed by atoms with Crippen molar-refractivity contribution in [2.45, 2.75) is 11.0 Å². The van der Waals surface area contributed by atoms with Crippen LogP contribution in [0.5, 0.6) is 0 Å². The maximum Gasteiger partial charge on any atom is 0.336 e. The van der Waals surface area contributed by atoms with Crippen LogP contribution in [0.3, 0.4) is 0 Å². The van der Waals surface area contributed by atoms with Crippen molar-refractivity contribution in [3.63, 3.8) is 0 Å². The first-order valence-corrected chi connectivity index (χ1v) is 9.69. The van der Waals surface area contributed by atoms with Crippen LogP contribution >= 0.6 is 11.6 Å². The number of nitrogens with zero attached hydrogens (tertiary/aromatic N) is 3. The largest absolute Gasteiger partial charge is 0.408 e. The van der Waals surface area contributed by atoms with Gasteiger partial charge >= 0.3 is 5.22 Å². The Kier molecular flexibility index (Phi) is 4.18. The predicted molar refractivity (Wildman–Crippen MR) is 97.4 cm³/mol. The zero-order valence-corrected chi connectivity index (χ0v) is 14.9. The monoisotopic (exact) mass is 385 g/mol. The number of hydrogen-bond acceptors (Lipinski definition) is 6. The highest BCUT2D eigenvalue weighted by molar-refractivity contribution is 7.90. The summed E-state index contributed by atoms with van der Waals surface area (Å²) in [6.07, 6.45) is 3.39. The van der Waals surface area contributed by atoms with Crippen LogP contribution in [0.4, 0.5) is 0 Å². The van der Waals surface area contributed by atoms with E-state index in [1.54, 1.807) is 42.7 Å². The minimum absolute atomic E-state index is 0.129. The number of pyridine rings is 1. The SMILES string of the molecule is O=S(=O)(Cc1ccc2cnccc2c1)c1nnc(-c2ccc(Cl)cc2)o1. The fourth-order valence-corrected chi connectivity index (χ4v) is 3.79. The van der Waals surface area contributed by atoms with Crippen molar-refractivity contribution in [2.24, 2.45) is 0 Å². The highest BCUT2D eigenvalue weighted by Gasteiger charge is 2.23. The lowest BCUT2D eigenvalue weighted by atomic mass is 10.1. The summed E-state index contributed by atoms with van der Waals surface area (Å²) in [5.74, 6) is -0.0992. The summed E-state index contributed by atoms with van der Waals surface area (Å²) in [4.78, 5) is 4.04. The van der Waals surface area contributed by atoms with Crippen LogP contribution in [0.15, 0.2) is 70.6 Å². The van der Waals surface area contributed by atoms with E-state index in [1.165, 1.54) is 0 Å². The Labute approximate surface area is 154 Å². The number of fused-ring (bicyclic) bond motifs is 1. The molecule has 0 amide bonds. The molecular formula is C18H12ClN3O3S. The summed E-state index contributed by atoms with van der Waals surface area (Å²) < 4.78 is 30.6. The van der Waals surface area contributed by atoms with Crippen LogP contribution in [-0.4, -0.2) is 23.6 Å². The quantitative estimate of drug-likeness (QED) is 0.529. The molecule has 0 aliphatic rings. The molecule has 0 aliphatic heterocycles. The summed E-state index contributed by atoms with van der Waals surface area (Å²) in [6, 6.07) is 13.9. The minimum atomic E-state index is -3.76. The molecule has 0 bridgehead atoms. The Bertz CT molecular complexity index is 1190. The third-order valence-corrected chi connectivity index (χ3v) is 5.49. The van der Waals surface area contributed by atoms with Crippen molar-refractivity contribution in [2.75, 3.05) is 0 Å². The highest BCUT2D eigenvalue weighted by atomic mass is 35.5. The van der Waals surface area contributed by atoms with Gasteiger partial charge in [-0.05, 0) is 41.3 Å². The zero-order chi connectivity index (χ0) is 18.1. The van der Waals surface area contributed by atoms with E-state index in [4.69, 9.17) is 16.0 Å². The van der Waals surface area contributed by atoms with E-state index in [0.29, 0.717) is 16.1 Å². The van der Waals surface area contributed by atoms with Gasteiger partial charge in [0.1, 0.15) is 0 Å². The van der Waals surface area contributed by atoms with E-state index in [0.717, 1.165) is 10.8 Å². The third kappa shape index (κ3) is 3.31. The molecule has 4 rings (SSSR count). The normalized spacial score (nSPS) is 11.7. The molecule has 0 N–H and O–H groups in total. The predicted octanol–water partition coefficient (Wildman–Crippen LogP) is 3.91. The molecule has 0 aliphatic carbocycles. The van der Waals surface area contributed by atoms with Crippen molar-refractivity contribution in [3.05, 3.63) is 71.5 Å². The fraction of sp³-hybridized carbons (Fsp3) is 0.0556. The Balaban J connectivity index is 1.62. The average Bonchev–Trinajstić information content (AvgIpc) is 3.13. The minimum Gasteiger partial charge on any atom is -0.408 e. The number of hydrogen-bond donors (Lipinski definition) is 0. The third-order valence-electron chi connectivity index (χ3n) is 3.83. The fourth-order valence-electron chi connectivity index (χ4n) is 2.55. The molecular weight excluding hydrogens is 374 g/mol. The summed E-state index contributed by atoms with van der Waals surface area (Å²) >= 11 is 5.84. The molecule has 0 saturated heterocycles. The molecule has 4 aromatic rings. The van der Waals surface area contributed by atoms with Crippen LogP contribution in [0.25, 0.3) is 22.2 Å². The van der Waals surface area contributed by atoms with Crippen molar-refractivity contribution in [1.82, 2.24) is 15.2 Å². The van der Waals surface area contributed by atoms with Gasteiger partial charge in [-0.3, -0.25) is 4.98 Å². The van der Waals surface area contributed by atoms with Gasteiger partial charge in [-0.1, -0.05) is 34.9 Å². The van der Waals surface area contributed by atoms with E-state index in [-0.39, 0.29) is 11.6 Å². The second-order valence-electron chi connectivity index (χ2n) is 5.70. The van der Waals surface area contributed by atoms with Gasteiger partial charge in [-0.15, -0.1) is 5.10 Å². The number of halogens is 1. The second-order valence-corrected chi connectivity index (χ2v) is 8.00. The van der Waals surface area contributed by atoms with Crippen molar-refractivity contribution >= 4 is 32.2 Å². The first-order valence-electron chi connectivity index (χ1n) is 7.66. The van der Waals surface area contributed by atoms with Crippen molar-refractivity contribution in [3.8, 4) is 11.5 Å². The molecule has 2 aromatic heterocycles. The molecule has 0 fully saturated rings. The summed E-state index contributed by atoms with van der Waals surface area (Å²) in [7, 11) is -3.76. The molecule has 8 heteroatoms. The molecule has 0 unspecified atom stereocenters. The molecule has 130 valence electrons. The van der Waals surface area contributed by atoms with E-state index in [2.05, 4.69) is 15.2 Å². The molecule has 6 nitrogen and oxygen atoms in total. The second kappa shape index (κ2) is 6.51. The molecule has 0 radical (unpaired) electrons. The number of sulfone groups is 1. The lowest BCUT2D eigenvalue weighted by Crippen LogP contribution is -2.05. The van der Waals surface area contributed by atoms with Crippen LogP contribution in [-0.2, 0) is 15.6 Å². The average molecular weight is 386 g/mol. The topological polar surface area (TPSA) is 86.0 Å². The van der Waals surface area contributed by atoms with Crippen LogP contribution in [0, 0.1) is 0 Å². The number of benzene rings is 2. The molecule has 2 aromatic carbocycles. The Morgan fingerprint density at radius 2 is 1.77 bits per heavy atom. The van der Waals surface area contributed by atoms with Gasteiger partial charge < -0.3 is 4.42 Å². The number of rotatable bonds is 4. The van der Waals surface area contributed by atoms with E-state index >= 15 is 0 Å². The van der Waals surface area contributed by atoms with Crippen LogP contribution < -0.4 is 0 Å². The smallest absolute Gasteiger partial charge is 0.336 e. The van der Waals surface area contributed by atoms with Gasteiger partial charge in [-0.25, -0.2) is 8.42 Å². The first-order chi connectivity index (χ1) is 12.5. The van der Waals surface area contributed by atoms with Gasteiger partial charge in [0, 0.05) is 28.4 Å². The molecule has 26 heavy (non-hydrogen) atoms. The number of aromatic nitrogens is 3.